The number of thiophene rings is 1. The Bertz CT molecular complexity index is 789. The van der Waals surface area contributed by atoms with E-state index in [1.54, 1.807) is 21.3 Å². The van der Waals surface area contributed by atoms with Crippen molar-refractivity contribution in [2.45, 2.75) is 44.2 Å². The number of aromatic nitrogens is 3. The van der Waals surface area contributed by atoms with Crippen LogP contribution in [0.5, 0.6) is 0 Å². The van der Waals surface area contributed by atoms with E-state index < -0.39 is 10.0 Å². The third-order valence-electron chi connectivity index (χ3n) is 4.13. The van der Waals surface area contributed by atoms with Gasteiger partial charge in [-0.3, -0.25) is 0 Å². The summed E-state index contributed by atoms with van der Waals surface area (Å²) in [6.45, 7) is 4.57. The molecule has 2 aromatic rings. The highest BCUT2D eigenvalue weighted by Gasteiger charge is 2.32. The maximum absolute atomic E-state index is 12.8. The lowest BCUT2D eigenvalue weighted by molar-refractivity contribution is 0.258. The molecule has 7 nitrogen and oxygen atoms in total. The van der Waals surface area contributed by atoms with Gasteiger partial charge in [0.25, 0.3) is 0 Å². The van der Waals surface area contributed by atoms with Crippen molar-refractivity contribution < 1.29 is 13.5 Å². The third kappa shape index (κ3) is 3.18. The molecule has 1 saturated heterocycles. The summed E-state index contributed by atoms with van der Waals surface area (Å²) in [6, 6.07) is 1.88. The number of rotatable bonds is 4. The van der Waals surface area contributed by atoms with Crippen molar-refractivity contribution >= 4 is 21.4 Å². The summed E-state index contributed by atoms with van der Waals surface area (Å²) >= 11 is 1.51. The molecule has 0 amide bonds. The number of aryl methyl sites for hydroxylation is 2. The molecule has 1 aliphatic heterocycles. The quantitative estimate of drug-likeness (QED) is 0.896. The lowest BCUT2D eigenvalue weighted by Gasteiger charge is -2.31. The van der Waals surface area contributed by atoms with Gasteiger partial charge in [-0.25, -0.2) is 13.1 Å². The zero-order valence-corrected chi connectivity index (χ0v) is 14.8. The van der Waals surface area contributed by atoms with Gasteiger partial charge in [-0.2, -0.15) is 4.31 Å². The molecule has 9 heteroatoms. The van der Waals surface area contributed by atoms with Crippen LogP contribution < -0.4 is 0 Å². The Hall–Kier alpha value is -1.29. The van der Waals surface area contributed by atoms with Crippen molar-refractivity contribution in [3.8, 4) is 0 Å². The predicted octanol–water partition coefficient (Wildman–Crippen LogP) is 1.47. The van der Waals surface area contributed by atoms with E-state index in [0.717, 1.165) is 9.75 Å². The topological polar surface area (TPSA) is 88.3 Å². The van der Waals surface area contributed by atoms with Crippen molar-refractivity contribution in [1.82, 2.24) is 19.3 Å². The molecular formula is C14H20N4O3S2. The molecule has 0 spiro atoms. The molecule has 0 unspecified atom stereocenters. The molecule has 1 fully saturated rings. The number of piperidine rings is 1. The highest BCUT2D eigenvalue weighted by Crippen LogP contribution is 2.31. The van der Waals surface area contributed by atoms with Crippen molar-refractivity contribution in [2.75, 3.05) is 13.1 Å². The van der Waals surface area contributed by atoms with Gasteiger partial charge < -0.3 is 5.11 Å². The average molecular weight is 356 g/mol. The Morgan fingerprint density at radius 1 is 1.35 bits per heavy atom. The van der Waals surface area contributed by atoms with E-state index in [4.69, 9.17) is 5.11 Å². The molecule has 23 heavy (non-hydrogen) atoms. The van der Waals surface area contributed by atoms with Crippen molar-refractivity contribution in [3.63, 3.8) is 0 Å². The first-order valence-electron chi connectivity index (χ1n) is 7.50. The van der Waals surface area contributed by atoms with E-state index >= 15 is 0 Å². The van der Waals surface area contributed by atoms with E-state index in [9.17, 15) is 8.42 Å². The van der Waals surface area contributed by atoms with Gasteiger partial charge in [0.05, 0.1) is 23.7 Å². The monoisotopic (exact) mass is 356 g/mol. The second-order valence-electron chi connectivity index (χ2n) is 5.76. The molecule has 2 aromatic heterocycles. The minimum absolute atomic E-state index is 0.125. The Kier molecular flexibility index (Phi) is 4.54. The number of hydrogen-bond acceptors (Lipinski definition) is 6. The molecule has 0 saturated carbocycles. The van der Waals surface area contributed by atoms with Gasteiger partial charge in [-0.05, 0) is 32.8 Å². The smallest absolute Gasteiger partial charge is 0.244 e. The molecule has 3 rings (SSSR count). The van der Waals surface area contributed by atoms with E-state index in [2.05, 4.69) is 10.3 Å². The Morgan fingerprint density at radius 2 is 2.04 bits per heavy atom. The van der Waals surface area contributed by atoms with Crippen LogP contribution in [0, 0.1) is 13.8 Å². The molecule has 0 atom stereocenters. The van der Waals surface area contributed by atoms with Gasteiger partial charge in [-0.15, -0.1) is 16.4 Å². The largest absolute Gasteiger partial charge is 0.390 e. The number of aliphatic hydroxyl groups is 1. The fourth-order valence-electron chi connectivity index (χ4n) is 2.91. The van der Waals surface area contributed by atoms with Crippen LogP contribution in [0.2, 0.25) is 0 Å². The molecule has 0 aliphatic carbocycles. The summed E-state index contributed by atoms with van der Waals surface area (Å²) in [7, 11) is -3.42. The van der Waals surface area contributed by atoms with Gasteiger partial charge >= 0.3 is 0 Å². The average Bonchev–Trinajstić information content (AvgIpc) is 3.14. The normalized spacial score (nSPS) is 17.7. The van der Waals surface area contributed by atoms with Crippen LogP contribution >= 0.6 is 11.3 Å². The highest BCUT2D eigenvalue weighted by molar-refractivity contribution is 7.89. The lowest BCUT2D eigenvalue weighted by Crippen LogP contribution is -2.39. The zero-order valence-electron chi connectivity index (χ0n) is 13.1. The molecular weight excluding hydrogens is 336 g/mol. The summed E-state index contributed by atoms with van der Waals surface area (Å²) in [4.78, 5) is 2.28. The first-order valence-corrected chi connectivity index (χ1v) is 9.76. The number of hydrogen-bond donors (Lipinski definition) is 1. The van der Waals surface area contributed by atoms with Crippen LogP contribution in [-0.4, -0.2) is 45.9 Å². The van der Waals surface area contributed by atoms with Gasteiger partial charge in [0.15, 0.2) is 0 Å². The maximum atomic E-state index is 12.8. The van der Waals surface area contributed by atoms with E-state index in [-0.39, 0.29) is 12.6 Å². The van der Waals surface area contributed by atoms with Crippen LogP contribution in [0.15, 0.2) is 17.2 Å². The molecule has 3 heterocycles. The van der Waals surface area contributed by atoms with Crippen LogP contribution in [0.4, 0.5) is 0 Å². The van der Waals surface area contributed by atoms with Crippen LogP contribution in [0.25, 0.3) is 0 Å². The lowest BCUT2D eigenvalue weighted by atomic mass is 10.1. The molecule has 1 aliphatic rings. The van der Waals surface area contributed by atoms with Crippen LogP contribution in [0.3, 0.4) is 0 Å². The Morgan fingerprint density at radius 3 is 2.57 bits per heavy atom. The number of aliphatic hydroxyl groups excluding tert-OH is 1. The Labute approximate surface area is 139 Å². The number of nitrogens with zero attached hydrogens (tertiary/aromatic N) is 4. The minimum Gasteiger partial charge on any atom is -0.390 e. The Balaban J connectivity index is 1.72. The van der Waals surface area contributed by atoms with Gasteiger partial charge in [0, 0.05) is 22.8 Å². The summed E-state index contributed by atoms with van der Waals surface area (Å²) in [5.74, 6) is 0. The second-order valence-corrected chi connectivity index (χ2v) is 9.13. The zero-order chi connectivity index (χ0) is 16.6. The highest BCUT2D eigenvalue weighted by atomic mass is 32.2. The summed E-state index contributed by atoms with van der Waals surface area (Å²) in [5, 5.41) is 16.9. The fourth-order valence-corrected chi connectivity index (χ4v) is 5.91. The molecule has 0 radical (unpaired) electrons. The minimum atomic E-state index is -3.42. The van der Waals surface area contributed by atoms with Gasteiger partial charge in [-0.1, -0.05) is 5.21 Å². The van der Waals surface area contributed by atoms with Gasteiger partial charge in [0.1, 0.15) is 5.69 Å². The maximum Gasteiger partial charge on any atom is 0.244 e. The predicted molar refractivity (Wildman–Crippen MR) is 86.8 cm³/mol. The van der Waals surface area contributed by atoms with Gasteiger partial charge in [0.2, 0.25) is 10.0 Å². The van der Waals surface area contributed by atoms with E-state index in [0.29, 0.717) is 36.5 Å². The van der Waals surface area contributed by atoms with Crippen molar-refractivity contribution in [2.24, 2.45) is 0 Å². The first kappa shape index (κ1) is 16.6. The van der Waals surface area contributed by atoms with Crippen molar-refractivity contribution in [3.05, 3.63) is 27.7 Å². The first-order chi connectivity index (χ1) is 10.9. The van der Waals surface area contributed by atoms with E-state index in [1.165, 1.54) is 11.3 Å². The number of sulfonamides is 1. The standard InChI is InChI=1S/C14H20N4O3S2/c1-10-7-14(11(2)22-10)23(20,21)17-5-3-13(4-6-17)18-8-12(9-19)15-16-18/h7-8,13,19H,3-6,9H2,1-2H3. The fraction of sp³-hybridized carbons (Fsp3) is 0.571. The molecule has 0 bridgehead atoms. The molecule has 126 valence electrons. The molecule has 1 N–H and O–H groups in total. The van der Waals surface area contributed by atoms with E-state index in [1.807, 2.05) is 13.8 Å². The SMILES string of the molecule is Cc1cc(S(=O)(=O)N2CCC(n3cc(CO)nn3)CC2)c(C)s1. The second kappa shape index (κ2) is 6.31. The van der Waals surface area contributed by atoms with Crippen LogP contribution in [-0.2, 0) is 16.6 Å². The molecule has 0 aromatic carbocycles. The van der Waals surface area contributed by atoms with Crippen LogP contribution in [0.1, 0.15) is 34.3 Å². The third-order valence-corrected chi connectivity index (χ3v) is 7.25. The summed E-state index contributed by atoms with van der Waals surface area (Å²) in [6.07, 6.45) is 3.10. The summed E-state index contributed by atoms with van der Waals surface area (Å²) < 4.78 is 28.8. The summed E-state index contributed by atoms with van der Waals surface area (Å²) in [5.41, 5.74) is 0.532. The van der Waals surface area contributed by atoms with Crippen molar-refractivity contribution in [1.29, 1.82) is 0 Å².